The molecule has 1 aliphatic rings. The number of ether oxygens (including phenoxy) is 1. The number of hydrogen-bond donors (Lipinski definition) is 3. The SMILES string of the molecule is C=CC[C@@H]1OC(C)[C@H](O)C(O)C1O. The Bertz CT molecular complexity index is 182. The molecule has 0 aromatic heterocycles. The van der Waals surface area contributed by atoms with Gasteiger partial charge in [-0.1, -0.05) is 6.08 Å². The van der Waals surface area contributed by atoms with Gasteiger partial charge in [0.25, 0.3) is 0 Å². The van der Waals surface area contributed by atoms with E-state index < -0.39 is 30.5 Å². The molecule has 3 unspecified atom stereocenters. The fourth-order valence-corrected chi connectivity index (χ4v) is 1.50. The van der Waals surface area contributed by atoms with Crippen LogP contribution in [0.15, 0.2) is 12.7 Å². The molecule has 0 aromatic carbocycles. The van der Waals surface area contributed by atoms with E-state index in [1.54, 1.807) is 13.0 Å². The van der Waals surface area contributed by atoms with Crippen LogP contribution in [0.2, 0.25) is 0 Å². The summed E-state index contributed by atoms with van der Waals surface area (Å²) in [6.45, 7) is 5.19. The average molecular weight is 188 g/mol. The highest BCUT2D eigenvalue weighted by Crippen LogP contribution is 2.22. The Hall–Kier alpha value is -0.420. The van der Waals surface area contributed by atoms with Crippen LogP contribution in [0, 0.1) is 0 Å². The molecular weight excluding hydrogens is 172 g/mol. The van der Waals surface area contributed by atoms with Gasteiger partial charge in [0.15, 0.2) is 0 Å². The molecule has 0 amide bonds. The predicted octanol–water partition coefficient (Wildman–Crippen LogP) is -0.567. The number of aliphatic hydroxyl groups excluding tert-OH is 3. The minimum atomic E-state index is -1.13. The Morgan fingerprint density at radius 3 is 2.38 bits per heavy atom. The summed E-state index contributed by atoms with van der Waals surface area (Å²) in [5.74, 6) is 0. The molecule has 0 radical (unpaired) electrons. The van der Waals surface area contributed by atoms with Gasteiger partial charge in [-0.3, -0.25) is 0 Å². The lowest BCUT2D eigenvalue weighted by Crippen LogP contribution is -2.56. The van der Waals surface area contributed by atoms with E-state index in [2.05, 4.69) is 6.58 Å². The van der Waals surface area contributed by atoms with Crippen molar-refractivity contribution in [2.45, 2.75) is 43.9 Å². The number of aliphatic hydroxyl groups is 3. The van der Waals surface area contributed by atoms with Crippen molar-refractivity contribution in [3.05, 3.63) is 12.7 Å². The summed E-state index contributed by atoms with van der Waals surface area (Å²) in [5.41, 5.74) is 0. The summed E-state index contributed by atoms with van der Waals surface area (Å²) in [6.07, 6.45) is -2.02. The summed E-state index contributed by atoms with van der Waals surface area (Å²) >= 11 is 0. The van der Waals surface area contributed by atoms with E-state index in [4.69, 9.17) is 4.74 Å². The van der Waals surface area contributed by atoms with Crippen LogP contribution in [-0.4, -0.2) is 45.8 Å². The normalized spacial score (nSPS) is 46.0. The smallest absolute Gasteiger partial charge is 0.111 e. The van der Waals surface area contributed by atoms with Gasteiger partial charge in [-0.2, -0.15) is 0 Å². The van der Waals surface area contributed by atoms with Crippen molar-refractivity contribution >= 4 is 0 Å². The molecule has 76 valence electrons. The van der Waals surface area contributed by atoms with E-state index >= 15 is 0 Å². The van der Waals surface area contributed by atoms with Gasteiger partial charge < -0.3 is 20.1 Å². The lowest BCUT2D eigenvalue weighted by molar-refractivity contribution is -0.215. The zero-order valence-corrected chi connectivity index (χ0v) is 7.63. The second kappa shape index (κ2) is 4.19. The Morgan fingerprint density at radius 1 is 1.23 bits per heavy atom. The predicted molar refractivity (Wildman–Crippen MR) is 47.2 cm³/mol. The molecule has 0 aromatic rings. The molecule has 1 fully saturated rings. The minimum absolute atomic E-state index is 0.455. The highest BCUT2D eigenvalue weighted by Gasteiger charge is 2.40. The van der Waals surface area contributed by atoms with Crippen molar-refractivity contribution in [3.8, 4) is 0 Å². The van der Waals surface area contributed by atoms with Gasteiger partial charge in [-0.05, 0) is 13.3 Å². The summed E-state index contributed by atoms with van der Waals surface area (Å²) in [4.78, 5) is 0. The molecule has 0 bridgehead atoms. The van der Waals surface area contributed by atoms with E-state index in [9.17, 15) is 15.3 Å². The molecule has 13 heavy (non-hydrogen) atoms. The maximum absolute atomic E-state index is 9.47. The number of hydrogen-bond acceptors (Lipinski definition) is 4. The van der Waals surface area contributed by atoms with Gasteiger partial charge in [-0.25, -0.2) is 0 Å². The Labute approximate surface area is 77.5 Å². The molecule has 1 saturated heterocycles. The van der Waals surface area contributed by atoms with Crippen molar-refractivity contribution in [1.82, 2.24) is 0 Å². The lowest BCUT2D eigenvalue weighted by Gasteiger charge is -2.39. The van der Waals surface area contributed by atoms with Gasteiger partial charge in [-0.15, -0.1) is 6.58 Å². The van der Waals surface area contributed by atoms with E-state index in [-0.39, 0.29) is 0 Å². The second-order valence-electron chi connectivity index (χ2n) is 3.38. The first kappa shape index (κ1) is 10.7. The van der Waals surface area contributed by atoms with Gasteiger partial charge in [0.1, 0.15) is 18.3 Å². The standard InChI is InChI=1S/C9H16O4/c1-3-4-6-8(11)9(12)7(10)5(2)13-6/h3,5-12H,1,4H2,2H3/t5?,6-,7-,8?,9?/m0/s1. The molecular formula is C9H16O4. The zero-order valence-electron chi connectivity index (χ0n) is 7.63. The van der Waals surface area contributed by atoms with Crippen molar-refractivity contribution in [3.63, 3.8) is 0 Å². The first-order valence-electron chi connectivity index (χ1n) is 4.38. The van der Waals surface area contributed by atoms with Crippen molar-refractivity contribution in [2.75, 3.05) is 0 Å². The van der Waals surface area contributed by atoms with Crippen molar-refractivity contribution < 1.29 is 20.1 Å². The monoisotopic (exact) mass is 188 g/mol. The molecule has 0 spiro atoms. The van der Waals surface area contributed by atoms with E-state index in [0.717, 1.165) is 0 Å². The average Bonchev–Trinajstić information content (AvgIpc) is 2.11. The molecule has 0 saturated carbocycles. The summed E-state index contributed by atoms with van der Waals surface area (Å²) in [5, 5.41) is 28.2. The Balaban J connectivity index is 2.64. The molecule has 1 heterocycles. The van der Waals surface area contributed by atoms with Crippen LogP contribution < -0.4 is 0 Å². The first-order valence-corrected chi connectivity index (χ1v) is 4.38. The highest BCUT2D eigenvalue weighted by molar-refractivity contribution is 4.92. The third-order valence-corrected chi connectivity index (χ3v) is 2.35. The molecule has 0 aliphatic carbocycles. The fraction of sp³-hybridized carbons (Fsp3) is 0.778. The van der Waals surface area contributed by atoms with Gasteiger partial charge in [0.2, 0.25) is 0 Å². The van der Waals surface area contributed by atoms with Crippen LogP contribution in [-0.2, 0) is 4.74 Å². The van der Waals surface area contributed by atoms with Crippen LogP contribution in [0.3, 0.4) is 0 Å². The molecule has 4 heteroatoms. The highest BCUT2D eigenvalue weighted by atomic mass is 16.5. The van der Waals surface area contributed by atoms with E-state index in [1.807, 2.05) is 0 Å². The van der Waals surface area contributed by atoms with Crippen LogP contribution >= 0.6 is 0 Å². The van der Waals surface area contributed by atoms with Gasteiger partial charge in [0, 0.05) is 0 Å². The Kier molecular flexibility index (Phi) is 3.44. The third-order valence-electron chi connectivity index (χ3n) is 2.35. The maximum Gasteiger partial charge on any atom is 0.111 e. The van der Waals surface area contributed by atoms with Gasteiger partial charge in [0.05, 0.1) is 12.2 Å². The van der Waals surface area contributed by atoms with E-state index in [0.29, 0.717) is 6.42 Å². The number of rotatable bonds is 2. The van der Waals surface area contributed by atoms with Gasteiger partial charge >= 0.3 is 0 Å². The molecule has 4 nitrogen and oxygen atoms in total. The molecule has 1 aliphatic heterocycles. The van der Waals surface area contributed by atoms with E-state index in [1.165, 1.54) is 0 Å². The third kappa shape index (κ3) is 2.08. The summed E-state index contributed by atoms with van der Waals surface area (Å²) in [7, 11) is 0. The van der Waals surface area contributed by atoms with Crippen molar-refractivity contribution in [2.24, 2.45) is 0 Å². The molecule has 3 N–H and O–H groups in total. The molecule has 1 rings (SSSR count). The lowest BCUT2D eigenvalue weighted by atomic mass is 9.94. The Morgan fingerprint density at radius 2 is 1.85 bits per heavy atom. The quantitative estimate of drug-likeness (QED) is 0.508. The van der Waals surface area contributed by atoms with Crippen LogP contribution in [0.4, 0.5) is 0 Å². The van der Waals surface area contributed by atoms with Crippen LogP contribution in [0.1, 0.15) is 13.3 Å². The largest absolute Gasteiger partial charge is 0.388 e. The zero-order chi connectivity index (χ0) is 10.0. The summed E-state index contributed by atoms with van der Waals surface area (Å²) < 4.78 is 5.29. The van der Waals surface area contributed by atoms with Crippen LogP contribution in [0.5, 0.6) is 0 Å². The minimum Gasteiger partial charge on any atom is -0.388 e. The van der Waals surface area contributed by atoms with Crippen molar-refractivity contribution in [1.29, 1.82) is 0 Å². The van der Waals surface area contributed by atoms with Crippen LogP contribution in [0.25, 0.3) is 0 Å². The summed E-state index contributed by atoms with van der Waals surface area (Å²) in [6, 6.07) is 0. The molecule has 5 atom stereocenters. The second-order valence-corrected chi connectivity index (χ2v) is 3.38. The topological polar surface area (TPSA) is 69.9 Å². The first-order chi connectivity index (χ1) is 6.07. The fourth-order valence-electron chi connectivity index (χ4n) is 1.50. The maximum atomic E-state index is 9.47.